The fourth-order valence-electron chi connectivity index (χ4n) is 0.239. The quantitative estimate of drug-likeness (QED) is 0.453. The molecule has 0 spiro atoms. The fourth-order valence-corrected chi connectivity index (χ4v) is 0.239. The van der Waals surface area contributed by atoms with Crippen molar-refractivity contribution in [3.05, 3.63) is 0 Å². The molecule has 0 amide bonds. The number of hydrogen-bond donors (Lipinski definition) is 3. The van der Waals surface area contributed by atoms with Crippen molar-refractivity contribution in [2.75, 3.05) is 0 Å². The number of aliphatic carboxylic acids is 2. The Balaban J connectivity index is 4.13. The zero-order valence-corrected chi connectivity index (χ0v) is 4.50. The molecule has 0 aliphatic rings. The molecule has 0 radical (unpaired) electrons. The second kappa shape index (κ2) is 3.03. The third kappa shape index (κ3) is 3.48. The van der Waals surface area contributed by atoms with E-state index in [9.17, 15) is 9.59 Å². The van der Waals surface area contributed by atoms with E-state index in [0.29, 0.717) is 0 Å². The summed E-state index contributed by atoms with van der Waals surface area (Å²) >= 11 is 0. The standard InChI is InChI=1S/C4H7NO4/c5-2(4(8)9)1-3(6)7/h2H,1,5H2,(H,6,7)(H,8,9)/t2-/m0/s1/i2D. The monoisotopic (exact) mass is 134 g/mol. The number of hydrogen-bond acceptors (Lipinski definition) is 3. The Labute approximate surface area is 52.5 Å². The smallest absolute Gasteiger partial charge is 0.321 e. The normalized spacial score (nSPS) is 17.7. The first kappa shape index (κ1) is 6.03. The van der Waals surface area contributed by atoms with Gasteiger partial charge in [-0.05, 0) is 0 Å². The highest BCUT2D eigenvalue weighted by atomic mass is 16.4. The highest BCUT2D eigenvalue weighted by Crippen LogP contribution is 1.86. The Hall–Kier alpha value is -1.10. The third-order valence-electron chi connectivity index (χ3n) is 0.616. The molecule has 1 atom stereocenters. The van der Waals surface area contributed by atoms with Gasteiger partial charge in [0, 0.05) is 0 Å². The molecular formula is C4H7NO4. The van der Waals surface area contributed by atoms with Crippen LogP contribution in [0.1, 0.15) is 7.79 Å². The van der Waals surface area contributed by atoms with Gasteiger partial charge in [0.1, 0.15) is 6.02 Å². The number of carboxylic acid groups (broad SMARTS) is 2. The van der Waals surface area contributed by atoms with E-state index in [1.54, 1.807) is 0 Å². The molecular weight excluding hydrogens is 126 g/mol. The molecule has 5 nitrogen and oxygen atoms in total. The molecule has 0 heterocycles. The van der Waals surface area contributed by atoms with Crippen LogP contribution in [0.2, 0.25) is 0 Å². The zero-order valence-electron chi connectivity index (χ0n) is 5.50. The van der Waals surface area contributed by atoms with E-state index in [-0.39, 0.29) is 0 Å². The summed E-state index contributed by atoms with van der Waals surface area (Å²) in [5.74, 6) is -3.05. The van der Waals surface area contributed by atoms with Gasteiger partial charge in [-0.25, -0.2) is 0 Å². The molecule has 0 bridgehead atoms. The van der Waals surface area contributed by atoms with Crippen LogP contribution in [0.3, 0.4) is 0 Å². The molecule has 0 aromatic carbocycles. The average molecular weight is 134 g/mol. The molecule has 0 aromatic heterocycles. The first-order valence-electron chi connectivity index (χ1n) is 2.60. The highest BCUT2D eigenvalue weighted by Gasteiger charge is 2.14. The van der Waals surface area contributed by atoms with Gasteiger partial charge in [0.05, 0.1) is 7.79 Å². The lowest BCUT2D eigenvalue weighted by Gasteiger charge is -1.99. The number of carbonyl (C=O) groups is 2. The first-order valence-corrected chi connectivity index (χ1v) is 2.10. The maximum atomic E-state index is 9.98. The van der Waals surface area contributed by atoms with E-state index in [1.807, 2.05) is 0 Å². The summed E-state index contributed by atoms with van der Waals surface area (Å²) in [7, 11) is 0. The summed E-state index contributed by atoms with van der Waals surface area (Å²) in [5.41, 5.74) is 4.75. The van der Waals surface area contributed by atoms with Crippen LogP contribution in [0.4, 0.5) is 0 Å². The summed E-state index contributed by atoms with van der Waals surface area (Å²) in [6, 6.07) is -2.41. The minimum atomic E-state index is -2.41. The molecule has 0 fully saturated rings. The highest BCUT2D eigenvalue weighted by molar-refractivity contribution is 5.80. The maximum absolute atomic E-state index is 9.98. The van der Waals surface area contributed by atoms with Gasteiger partial charge in [0.2, 0.25) is 0 Å². The van der Waals surface area contributed by atoms with Crippen LogP contribution < -0.4 is 5.73 Å². The van der Waals surface area contributed by atoms with Gasteiger partial charge in [-0.2, -0.15) is 0 Å². The molecule has 4 N–H and O–H groups in total. The van der Waals surface area contributed by atoms with Crippen LogP contribution in [-0.2, 0) is 9.59 Å². The second-order valence-electron chi connectivity index (χ2n) is 1.40. The third-order valence-corrected chi connectivity index (χ3v) is 0.616. The Morgan fingerprint density at radius 2 is 2.11 bits per heavy atom. The van der Waals surface area contributed by atoms with Crippen molar-refractivity contribution in [2.45, 2.75) is 12.4 Å². The van der Waals surface area contributed by atoms with Gasteiger partial charge < -0.3 is 15.9 Å². The largest absolute Gasteiger partial charge is 0.481 e. The van der Waals surface area contributed by atoms with Gasteiger partial charge in [-0.15, -0.1) is 0 Å². The van der Waals surface area contributed by atoms with Crippen LogP contribution in [0, 0.1) is 0 Å². The molecule has 52 valence electrons. The van der Waals surface area contributed by atoms with Crippen LogP contribution in [-0.4, -0.2) is 28.2 Å². The van der Waals surface area contributed by atoms with Crippen molar-refractivity contribution in [1.29, 1.82) is 0 Å². The van der Waals surface area contributed by atoms with E-state index < -0.39 is 24.4 Å². The molecule has 0 aliphatic heterocycles. The summed E-state index contributed by atoms with van der Waals surface area (Å²) < 4.78 is 6.71. The van der Waals surface area contributed by atoms with E-state index in [2.05, 4.69) is 0 Å². The fraction of sp³-hybridized carbons (Fsp3) is 0.500. The van der Waals surface area contributed by atoms with Crippen LogP contribution in [0.15, 0.2) is 0 Å². The molecule has 5 heteroatoms. The van der Waals surface area contributed by atoms with E-state index >= 15 is 0 Å². The zero-order chi connectivity index (χ0) is 8.36. The van der Waals surface area contributed by atoms with Crippen molar-refractivity contribution in [3.63, 3.8) is 0 Å². The summed E-state index contributed by atoms with van der Waals surface area (Å²) in [6.45, 7) is 0. The van der Waals surface area contributed by atoms with Gasteiger partial charge in [0.25, 0.3) is 0 Å². The Kier molecular flexibility index (Phi) is 2.03. The molecule has 0 saturated carbocycles. The number of rotatable bonds is 3. The summed E-state index contributed by atoms with van der Waals surface area (Å²) in [6.07, 6.45) is -0.900. The van der Waals surface area contributed by atoms with Gasteiger partial charge >= 0.3 is 11.9 Å². The van der Waals surface area contributed by atoms with Crippen molar-refractivity contribution in [1.82, 2.24) is 0 Å². The van der Waals surface area contributed by atoms with Crippen LogP contribution in [0.25, 0.3) is 0 Å². The average Bonchev–Trinajstić information content (AvgIpc) is 1.60. The van der Waals surface area contributed by atoms with Crippen molar-refractivity contribution in [3.8, 4) is 0 Å². The SMILES string of the molecule is [2H][C@](N)(CC(=O)O)C(=O)O. The van der Waals surface area contributed by atoms with Gasteiger partial charge in [-0.1, -0.05) is 0 Å². The molecule has 9 heavy (non-hydrogen) atoms. The van der Waals surface area contributed by atoms with Gasteiger partial charge in [0.15, 0.2) is 0 Å². The molecule has 0 rings (SSSR count). The van der Waals surface area contributed by atoms with Crippen molar-refractivity contribution >= 4 is 11.9 Å². The molecule has 0 aliphatic carbocycles. The second-order valence-corrected chi connectivity index (χ2v) is 1.40. The maximum Gasteiger partial charge on any atom is 0.321 e. The summed E-state index contributed by atoms with van der Waals surface area (Å²) in [5, 5.41) is 16.1. The molecule has 0 aromatic rings. The predicted molar refractivity (Wildman–Crippen MR) is 27.9 cm³/mol. The number of nitrogens with two attached hydrogens (primary N) is 1. The minimum Gasteiger partial charge on any atom is -0.481 e. The topological polar surface area (TPSA) is 101 Å². The van der Waals surface area contributed by atoms with Crippen LogP contribution >= 0.6 is 0 Å². The predicted octanol–water partition coefficient (Wildman–Crippen LogP) is -1.13. The Morgan fingerprint density at radius 3 is 2.22 bits per heavy atom. The Bertz CT molecular complexity index is 167. The van der Waals surface area contributed by atoms with Crippen LogP contribution in [0.5, 0.6) is 0 Å². The number of carboxylic acids is 2. The molecule has 0 unspecified atom stereocenters. The van der Waals surface area contributed by atoms with Crippen molar-refractivity contribution < 1.29 is 21.2 Å². The first-order chi connectivity index (χ1) is 4.36. The van der Waals surface area contributed by atoms with E-state index in [1.165, 1.54) is 0 Å². The van der Waals surface area contributed by atoms with Gasteiger partial charge in [-0.3, -0.25) is 9.59 Å². The minimum absolute atomic E-state index is 0.900. The van der Waals surface area contributed by atoms with Crippen molar-refractivity contribution in [2.24, 2.45) is 5.73 Å². The Morgan fingerprint density at radius 1 is 1.67 bits per heavy atom. The summed E-state index contributed by atoms with van der Waals surface area (Å²) in [4.78, 5) is 19.8. The van der Waals surface area contributed by atoms with E-state index in [0.717, 1.165) is 0 Å². The lowest BCUT2D eigenvalue weighted by atomic mass is 10.2. The van der Waals surface area contributed by atoms with E-state index in [4.69, 9.17) is 17.3 Å². The lowest BCUT2D eigenvalue weighted by Crippen LogP contribution is -2.32. The molecule has 0 saturated heterocycles. The lowest BCUT2D eigenvalue weighted by molar-refractivity contribution is -0.144.